The van der Waals surface area contributed by atoms with Crippen molar-refractivity contribution < 1.29 is 23.5 Å². The van der Waals surface area contributed by atoms with E-state index in [0.29, 0.717) is 30.0 Å². The van der Waals surface area contributed by atoms with Crippen molar-refractivity contribution in [3.8, 4) is 11.5 Å². The highest BCUT2D eigenvalue weighted by atomic mass is 19.1. The van der Waals surface area contributed by atoms with Gasteiger partial charge in [0.05, 0.1) is 14.2 Å². The molecule has 162 valence electrons. The molecule has 0 unspecified atom stereocenters. The van der Waals surface area contributed by atoms with Crippen LogP contribution in [0.15, 0.2) is 42.5 Å². The third kappa shape index (κ3) is 5.95. The van der Waals surface area contributed by atoms with Gasteiger partial charge in [0.25, 0.3) is 0 Å². The van der Waals surface area contributed by atoms with Gasteiger partial charge in [0.2, 0.25) is 11.8 Å². The van der Waals surface area contributed by atoms with Crippen LogP contribution in [0.1, 0.15) is 31.4 Å². The third-order valence-electron chi connectivity index (χ3n) is 4.89. The number of carbonyl (C=O) groups is 2. The minimum Gasteiger partial charge on any atom is -0.493 e. The van der Waals surface area contributed by atoms with Crippen LogP contribution in [0.25, 0.3) is 0 Å². The van der Waals surface area contributed by atoms with Gasteiger partial charge in [-0.15, -0.1) is 0 Å². The Morgan fingerprint density at radius 1 is 1.10 bits per heavy atom. The Hall–Kier alpha value is -3.09. The molecule has 0 aliphatic heterocycles. The van der Waals surface area contributed by atoms with Crippen LogP contribution in [0.5, 0.6) is 11.5 Å². The van der Waals surface area contributed by atoms with Crippen LogP contribution < -0.4 is 14.8 Å². The fourth-order valence-electron chi connectivity index (χ4n) is 3.15. The summed E-state index contributed by atoms with van der Waals surface area (Å²) in [7, 11) is 3.11. The highest BCUT2D eigenvalue weighted by Gasteiger charge is 2.26. The van der Waals surface area contributed by atoms with Crippen molar-refractivity contribution in [3.05, 3.63) is 59.4 Å². The zero-order valence-corrected chi connectivity index (χ0v) is 17.9. The van der Waals surface area contributed by atoms with Crippen LogP contribution >= 0.6 is 0 Å². The molecule has 6 nitrogen and oxygen atoms in total. The van der Waals surface area contributed by atoms with Gasteiger partial charge in [-0.3, -0.25) is 9.59 Å². The Morgan fingerprint density at radius 3 is 2.43 bits per heavy atom. The summed E-state index contributed by atoms with van der Waals surface area (Å²) in [5, 5.41) is 2.73. The van der Waals surface area contributed by atoms with Crippen molar-refractivity contribution in [1.29, 1.82) is 0 Å². The van der Waals surface area contributed by atoms with E-state index in [9.17, 15) is 14.0 Å². The Labute approximate surface area is 177 Å². The van der Waals surface area contributed by atoms with Crippen molar-refractivity contribution in [1.82, 2.24) is 10.2 Å². The minimum absolute atomic E-state index is 0.0236. The van der Waals surface area contributed by atoms with E-state index in [1.54, 1.807) is 45.4 Å². The monoisotopic (exact) mass is 416 g/mol. The summed E-state index contributed by atoms with van der Waals surface area (Å²) in [5.41, 5.74) is 1.27. The van der Waals surface area contributed by atoms with Gasteiger partial charge in [-0.1, -0.05) is 24.3 Å². The predicted molar refractivity (Wildman–Crippen MR) is 113 cm³/mol. The smallest absolute Gasteiger partial charge is 0.242 e. The molecule has 0 aromatic heterocycles. The molecule has 2 rings (SSSR count). The van der Waals surface area contributed by atoms with Gasteiger partial charge in [0.1, 0.15) is 11.9 Å². The number of nitrogens with one attached hydrogen (secondary N) is 1. The normalized spacial score (nSPS) is 11.5. The average Bonchev–Trinajstić information content (AvgIpc) is 2.76. The predicted octanol–water partition coefficient (Wildman–Crippen LogP) is 3.33. The van der Waals surface area contributed by atoms with Gasteiger partial charge < -0.3 is 19.7 Å². The minimum atomic E-state index is -0.720. The molecule has 7 heteroatoms. The van der Waals surface area contributed by atoms with Crippen LogP contribution in [-0.2, 0) is 22.6 Å². The first-order chi connectivity index (χ1) is 14.4. The number of hydrogen-bond acceptors (Lipinski definition) is 4. The van der Waals surface area contributed by atoms with E-state index in [2.05, 4.69) is 5.32 Å². The van der Waals surface area contributed by atoms with Gasteiger partial charge in [-0.25, -0.2) is 4.39 Å². The number of ether oxygens (including phenoxy) is 2. The molecule has 2 aromatic rings. The van der Waals surface area contributed by atoms with Gasteiger partial charge in [-0.05, 0) is 44.0 Å². The highest BCUT2D eigenvalue weighted by Crippen LogP contribution is 2.28. The van der Waals surface area contributed by atoms with E-state index < -0.39 is 11.9 Å². The standard InChI is InChI=1S/C23H29FN2O4/c1-5-25-23(28)16(2)26(15-18-8-6-7-9-19(18)24)22(27)13-11-17-10-12-20(29-3)21(14-17)30-4/h6-10,12,14,16H,5,11,13,15H2,1-4H3,(H,25,28)/t16-/m1/s1. The molecule has 0 saturated heterocycles. The summed E-state index contributed by atoms with van der Waals surface area (Å²) >= 11 is 0. The second-order valence-corrected chi connectivity index (χ2v) is 6.87. The van der Waals surface area contributed by atoms with E-state index >= 15 is 0 Å². The summed E-state index contributed by atoms with van der Waals surface area (Å²) in [5.74, 6) is 0.290. The molecule has 2 amide bonds. The quantitative estimate of drug-likeness (QED) is 0.645. The Morgan fingerprint density at radius 2 is 1.80 bits per heavy atom. The summed E-state index contributed by atoms with van der Waals surface area (Å²) in [6, 6.07) is 11.0. The Bertz CT molecular complexity index is 872. The summed E-state index contributed by atoms with van der Waals surface area (Å²) in [4.78, 5) is 26.8. The van der Waals surface area contributed by atoms with Gasteiger partial charge in [-0.2, -0.15) is 0 Å². The lowest BCUT2D eigenvalue weighted by atomic mass is 10.1. The van der Waals surface area contributed by atoms with Crippen molar-refractivity contribution in [2.45, 2.75) is 39.3 Å². The van der Waals surface area contributed by atoms with E-state index in [1.807, 2.05) is 19.1 Å². The molecule has 0 spiro atoms. The maximum Gasteiger partial charge on any atom is 0.242 e. The Kier molecular flexibility index (Phi) is 8.65. The fraction of sp³-hybridized carbons (Fsp3) is 0.391. The van der Waals surface area contributed by atoms with Gasteiger partial charge in [0, 0.05) is 25.1 Å². The SMILES string of the molecule is CCNC(=O)[C@@H](C)N(Cc1ccccc1F)C(=O)CCc1ccc(OC)c(OC)c1. The molecule has 1 N–H and O–H groups in total. The average molecular weight is 416 g/mol. The molecule has 1 atom stereocenters. The van der Waals surface area contributed by atoms with E-state index in [1.165, 1.54) is 11.0 Å². The summed E-state index contributed by atoms with van der Waals surface area (Å²) < 4.78 is 24.7. The molecule has 0 aliphatic carbocycles. The van der Waals surface area contributed by atoms with Crippen molar-refractivity contribution in [3.63, 3.8) is 0 Å². The van der Waals surface area contributed by atoms with E-state index in [-0.39, 0.29) is 24.8 Å². The first kappa shape index (κ1) is 23.2. The lowest BCUT2D eigenvalue weighted by Crippen LogP contribution is -2.47. The topological polar surface area (TPSA) is 67.9 Å². The third-order valence-corrected chi connectivity index (χ3v) is 4.89. The maximum atomic E-state index is 14.2. The van der Waals surface area contributed by atoms with Gasteiger partial charge in [0.15, 0.2) is 11.5 Å². The van der Waals surface area contributed by atoms with Gasteiger partial charge >= 0.3 is 0 Å². The first-order valence-electron chi connectivity index (χ1n) is 9.92. The number of aryl methyl sites for hydroxylation is 1. The number of likely N-dealkylation sites (N-methyl/N-ethyl adjacent to an activating group) is 1. The first-order valence-corrected chi connectivity index (χ1v) is 9.92. The number of rotatable bonds is 10. The lowest BCUT2D eigenvalue weighted by Gasteiger charge is -2.29. The largest absolute Gasteiger partial charge is 0.493 e. The maximum absolute atomic E-state index is 14.2. The molecular weight excluding hydrogens is 387 g/mol. The Balaban J connectivity index is 2.17. The zero-order chi connectivity index (χ0) is 22.1. The van der Waals surface area contributed by atoms with Crippen LogP contribution in [0.3, 0.4) is 0 Å². The van der Waals surface area contributed by atoms with Crippen LogP contribution in [-0.4, -0.2) is 43.5 Å². The molecule has 0 bridgehead atoms. The second-order valence-electron chi connectivity index (χ2n) is 6.87. The van der Waals surface area contributed by atoms with E-state index in [0.717, 1.165) is 5.56 Å². The molecule has 2 aromatic carbocycles. The molecule has 30 heavy (non-hydrogen) atoms. The number of amides is 2. The zero-order valence-electron chi connectivity index (χ0n) is 17.9. The molecule has 0 fully saturated rings. The number of benzene rings is 2. The van der Waals surface area contributed by atoms with Crippen LogP contribution in [0, 0.1) is 5.82 Å². The van der Waals surface area contributed by atoms with Crippen molar-refractivity contribution >= 4 is 11.8 Å². The van der Waals surface area contributed by atoms with E-state index in [4.69, 9.17) is 9.47 Å². The molecule has 0 radical (unpaired) electrons. The van der Waals surface area contributed by atoms with Crippen LogP contribution in [0.2, 0.25) is 0 Å². The van der Waals surface area contributed by atoms with Crippen LogP contribution in [0.4, 0.5) is 4.39 Å². The summed E-state index contributed by atoms with van der Waals surface area (Å²) in [6.07, 6.45) is 0.628. The number of methoxy groups -OCH3 is 2. The number of halogens is 1. The van der Waals surface area contributed by atoms with Crippen molar-refractivity contribution in [2.75, 3.05) is 20.8 Å². The molecular formula is C23H29FN2O4. The molecule has 0 saturated carbocycles. The molecule has 0 heterocycles. The lowest BCUT2D eigenvalue weighted by molar-refractivity contribution is -0.140. The highest BCUT2D eigenvalue weighted by molar-refractivity contribution is 5.87. The van der Waals surface area contributed by atoms with Crippen molar-refractivity contribution in [2.24, 2.45) is 0 Å². The fourth-order valence-corrected chi connectivity index (χ4v) is 3.15. The second kappa shape index (κ2) is 11.2. The molecule has 0 aliphatic rings. The number of carbonyl (C=O) groups excluding carboxylic acids is 2. The number of hydrogen-bond donors (Lipinski definition) is 1. The summed E-state index contributed by atoms with van der Waals surface area (Å²) in [6.45, 7) is 3.94. The number of nitrogens with zero attached hydrogens (tertiary/aromatic N) is 1.